The summed E-state index contributed by atoms with van der Waals surface area (Å²) in [5.74, 6) is -0.937. The van der Waals surface area contributed by atoms with Crippen LogP contribution in [0.5, 0.6) is 0 Å². The standard InChI is InChI=1S/C22H25N3O4/c26-20(27)14-13-19-8-4-5-15-25(19)21(28)16-9-11-18(12-10-16)24-22(29)23-17-6-2-1-3-7-17/h1-3,6-7,9-12,19H,4-5,8,13-15H2,(H,26,27)(H2,23,24,29). The normalized spacial score (nSPS) is 16.1. The van der Waals surface area contributed by atoms with Gasteiger partial charge in [0.05, 0.1) is 0 Å². The minimum absolute atomic E-state index is 0.0400. The van der Waals surface area contributed by atoms with E-state index in [4.69, 9.17) is 5.11 Å². The molecule has 7 heteroatoms. The fourth-order valence-electron chi connectivity index (χ4n) is 3.54. The molecule has 1 aliphatic heterocycles. The lowest BCUT2D eigenvalue weighted by molar-refractivity contribution is -0.137. The third kappa shape index (κ3) is 5.81. The maximum Gasteiger partial charge on any atom is 0.323 e. The van der Waals surface area contributed by atoms with E-state index in [2.05, 4.69) is 10.6 Å². The van der Waals surface area contributed by atoms with Gasteiger partial charge in [0, 0.05) is 35.9 Å². The number of nitrogens with one attached hydrogen (secondary N) is 2. The number of nitrogens with zero attached hydrogens (tertiary/aromatic N) is 1. The van der Waals surface area contributed by atoms with Crippen LogP contribution in [-0.2, 0) is 4.79 Å². The second-order valence-electron chi connectivity index (χ2n) is 7.10. The van der Waals surface area contributed by atoms with Gasteiger partial charge in [0.25, 0.3) is 5.91 Å². The van der Waals surface area contributed by atoms with Crippen molar-refractivity contribution in [3.05, 3.63) is 60.2 Å². The van der Waals surface area contributed by atoms with E-state index in [1.54, 1.807) is 41.3 Å². The highest BCUT2D eigenvalue weighted by molar-refractivity contribution is 6.00. The summed E-state index contributed by atoms with van der Waals surface area (Å²) >= 11 is 0. The molecule has 152 valence electrons. The van der Waals surface area contributed by atoms with E-state index < -0.39 is 5.97 Å². The highest BCUT2D eigenvalue weighted by atomic mass is 16.4. The summed E-state index contributed by atoms with van der Waals surface area (Å²) in [6, 6.07) is 15.5. The van der Waals surface area contributed by atoms with Crippen molar-refractivity contribution in [1.29, 1.82) is 0 Å². The molecule has 0 bridgehead atoms. The molecule has 3 amide bonds. The molecule has 1 saturated heterocycles. The van der Waals surface area contributed by atoms with Crippen molar-refractivity contribution in [2.75, 3.05) is 17.2 Å². The molecule has 0 saturated carbocycles. The molecule has 1 fully saturated rings. The highest BCUT2D eigenvalue weighted by Gasteiger charge is 2.27. The van der Waals surface area contributed by atoms with E-state index in [9.17, 15) is 14.4 Å². The molecule has 2 aromatic carbocycles. The molecule has 7 nitrogen and oxygen atoms in total. The molecule has 1 unspecified atom stereocenters. The molecule has 1 heterocycles. The first kappa shape index (κ1) is 20.4. The predicted octanol–water partition coefficient (Wildman–Crippen LogP) is 4.19. The Labute approximate surface area is 169 Å². The van der Waals surface area contributed by atoms with E-state index in [-0.39, 0.29) is 24.4 Å². The molecular weight excluding hydrogens is 370 g/mol. The minimum atomic E-state index is -0.841. The van der Waals surface area contributed by atoms with Crippen LogP contribution < -0.4 is 10.6 Å². The minimum Gasteiger partial charge on any atom is -0.481 e. The fourth-order valence-corrected chi connectivity index (χ4v) is 3.54. The molecule has 0 aromatic heterocycles. The quantitative estimate of drug-likeness (QED) is 0.683. The van der Waals surface area contributed by atoms with E-state index >= 15 is 0 Å². The maximum atomic E-state index is 12.9. The molecule has 0 aliphatic carbocycles. The Balaban J connectivity index is 1.60. The van der Waals surface area contributed by atoms with Crippen LogP contribution in [0.25, 0.3) is 0 Å². The lowest BCUT2D eigenvalue weighted by Crippen LogP contribution is -2.43. The maximum absolute atomic E-state index is 12.9. The largest absolute Gasteiger partial charge is 0.481 e. The highest BCUT2D eigenvalue weighted by Crippen LogP contribution is 2.23. The van der Waals surface area contributed by atoms with Gasteiger partial charge in [0.2, 0.25) is 0 Å². The Morgan fingerprint density at radius 3 is 2.24 bits per heavy atom. The van der Waals surface area contributed by atoms with Gasteiger partial charge in [-0.2, -0.15) is 0 Å². The number of piperidine rings is 1. The van der Waals surface area contributed by atoms with Gasteiger partial charge < -0.3 is 20.6 Å². The number of amides is 3. The zero-order valence-corrected chi connectivity index (χ0v) is 16.1. The topological polar surface area (TPSA) is 98.7 Å². The molecule has 1 aliphatic rings. The van der Waals surface area contributed by atoms with Crippen LogP contribution in [0.1, 0.15) is 42.5 Å². The molecule has 0 spiro atoms. The summed E-state index contributed by atoms with van der Waals surface area (Å²) in [7, 11) is 0. The Hall–Kier alpha value is -3.35. The first-order valence-corrected chi connectivity index (χ1v) is 9.79. The number of rotatable bonds is 6. The molecule has 29 heavy (non-hydrogen) atoms. The van der Waals surface area contributed by atoms with E-state index in [1.165, 1.54) is 0 Å². The van der Waals surface area contributed by atoms with Crippen molar-refractivity contribution in [3.8, 4) is 0 Å². The van der Waals surface area contributed by atoms with Crippen molar-refractivity contribution in [1.82, 2.24) is 4.90 Å². The molecule has 1 atom stereocenters. The molecule has 0 radical (unpaired) electrons. The van der Waals surface area contributed by atoms with E-state index in [0.717, 1.165) is 19.3 Å². The average molecular weight is 395 g/mol. The summed E-state index contributed by atoms with van der Waals surface area (Å²) in [6.45, 7) is 0.641. The smallest absolute Gasteiger partial charge is 0.323 e. The summed E-state index contributed by atoms with van der Waals surface area (Å²) < 4.78 is 0. The van der Waals surface area contributed by atoms with Crippen LogP contribution in [0.3, 0.4) is 0 Å². The van der Waals surface area contributed by atoms with Crippen molar-refractivity contribution in [2.24, 2.45) is 0 Å². The van der Waals surface area contributed by atoms with Crippen molar-refractivity contribution in [3.63, 3.8) is 0 Å². The average Bonchev–Trinajstić information content (AvgIpc) is 2.73. The number of urea groups is 1. The van der Waals surface area contributed by atoms with Gasteiger partial charge >= 0.3 is 12.0 Å². The first-order chi connectivity index (χ1) is 14.0. The third-order valence-corrected chi connectivity index (χ3v) is 5.00. The van der Waals surface area contributed by atoms with Gasteiger partial charge in [-0.3, -0.25) is 9.59 Å². The van der Waals surface area contributed by atoms with E-state index in [1.807, 2.05) is 18.2 Å². The van der Waals surface area contributed by atoms with Crippen molar-refractivity contribution < 1.29 is 19.5 Å². The van der Waals surface area contributed by atoms with Crippen LogP contribution in [0, 0.1) is 0 Å². The van der Waals surface area contributed by atoms with Crippen molar-refractivity contribution >= 4 is 29.3 Å². The fraction of sp³-hybridized carbons (Fsp3) is 0.318. The monoisotopic (exact) mass is 395 g/mol. The van der Waals surface area contributed by atoms with Gasteiger partial charge in [-0.1, -0.05) is 18.2 Å². The van der Waals surface area contributed by atoms with Gasteiger partial charge in [0.15, 0.2) is 0 Å². The number of likely N-dealkylation sites (tertiary alicyclic amines) is 1. The van der Waals surface area contributed by atoms with E-state index in [0.29, 0.717) is 29.9 Å². The van der Waals surface area contributed by atoms with Crippen LogP contribution in [0.15, 0.2) is 54.6 Å². The number of carbonyl (C=O) groups is 3. The first-order valence-electron chi connectivity index (χ1n) is 9.79. The molecule has 3 N–H and O–H groups in total. The number of aliphatic carboxylic acids is 1. The van der Waals surface area contributed by atoms with Crippen LogP contribution in [-0.4, -0.2) is 40.5 Å². The van der Waals surface area contributed by atoms with Crippen LogP contribution >= 0.6 is 0 Å². The number of hydrogen-bond acceptors (Lipinski definition) is 3. The van der Waals surface area contributed by atoms with Crippen LogP contribution in [0.2, 0.25) is 0 Å². The molecule has 3 rings (SSSR count). The third-order valence-electron chi connectivity index (χ3n) is 5.00. The second-order valence-corrected chi connectivity index (χ2v) is 7.10. The number of carboxylic acids is 1. The van der Waals surface area contributed by atoms with Gasteiger partial charge in [-0.25, -0.2) is 4.79 Å². The van der Waals surface area contributed by atoms with Gasteiger partial charge in [0.1, 0.15) is 0 Å². The predicted molar refractivity (Wildman–Crippen MR) is 111 cm³/mol. The van der Waals surface area contributed by atoms with Crippen LogP contribution in [0.4, 0.5) is 16.2 Å². The second kappa shape index (κ2) is 9.73. The number of carboxylic acid groups (broad SMARTS) is 1. The summed E-state index contributed by atoms with van der Waals surface area (Å²) in [4.78, 5) is 37.7. The van der Waals surface area contributed by atoms with Gasteiger partial charge in [-0.05, 0) is 62.1 Å². The van der Waals surface area contributed by atoms with Crippen molar-refractivity contribution in [2.45, 2.75) is 38.1 Å². The zero-order chi connectivity index (χ0) is 20.6. The lowest BCUT2D eigenvalue weighted by atomic mass is 9.97. The zero-order valence-electron chi connectivity index (χ0n) is 16.1. The number of anilines is 2. The molecule has 2 aromatic rings. The number of benzene rings is 2. The SMILES string of the molecule is O=C(O)CCC1CCCCN1C(=O)c1ccc(NC(=O)Nc2ccccc2)cc1. The number of carbonyl (C=O) groups excluding carboxylic acids is 2. The Kier molecular flexibility index (Phi) is 6.84. The number of hydrogen-bond donors (Lipinski definition) is 3. The summed E-state index contributed by atoms with van der Waals surface area (Å²) in [5, 5.41) is 14.4. The summed E-state index contributed by atoms with van der Waals surface area (Å²) in [5.41, 5.74) is 1.80. The number of para-hydroxylation sites is 1. The lowest BCUT2D eigenvalue weighted by Gasteiger charge is -2.35. The van der Waals surface area contributed by atoms with Gasteiger partial charge in [-0.15, -0.1) is 0 Å². The summed E-state index contributed by atoms with van der Waals surface area (Å²) in [6.07, 6.45) is 3.30. The Morgan fingerprint density at radius 1 is 0.931 bits per heavy atom. The Bertz CT molecular complexity index is 852. The molecular formula is C22H25N3O4. The Morgan fingerprint density at radius 2 is 1.59 bits per heavy atom.